The van der Waals surface area contributed by atoms with E-state index in [2.05, 4.69) is 94.5 Å². The van der Waals surface area contributed by atoms with Crippen LogP contribution in [0.1, 0.15) is 96.8 Å². The molecular formula is C38H38N2O4. The van der Waals surface area contributed by atoms with Crippen molar-refractivity contribution in [3.63, 3.8) is 0 Å². The molecule has 0 heterocycles. The van der Waals surface area contributed by atoms with Gasteiger partial charge in [-0.3, -0.25) is 4.79 Å². The topological polar surface area (TPSA) is 98.7 Å². The number of hydrogen-bond acceptors (Lipinski definition) is 5. The van der Waals surface area contributed by atoms with Gasteiger partial charge >= 0.3 is 0 Å². The van der Waals surface area contributed by atoms with Crippen molar-refractivity contribution in [1.82, 2.24) is 0 Å². The van der Waals surface area contributed by atoms with Crippen LogP contribution in [0.25, 0.3) is 0 Å². The maximum Gasteiger partial charge on any atom is 0.224 e. The molecule has 0 atom stereocenters. The molecule has 0 spiro atoms. The Morgan fingerprint density at radius 3 is 1.50 bits per heavy atom. The lowest BCUT2D eigenvalue weighted by Crippen LogP contribution is -2.11. The van der Waals surface area contributed by atoms with Crippen molar-refractivity contribution in [3.05, 3.63) is 17.8 Å². The van der Waals surface area contributed by atoms with Crippen molar-refractivity contribution in [3.8, 4) is 94.9 Å². The zero-order valence-electron chi connectivity index (χ0n) is 25.3. The standard InChI is InChI=1S/C38H38N2O4/c1-3-5-7-9-11-13-15-17-19-21-23-25-27-29-38(44)40-35-31-36(42)34(30-37(35)43)39-33(32-41)28-26-24-22-20-18-16-14-12-10-8-6-4-2/h2,30-31,39,42-43H,3,5,7,9,11,13,15,17,19,21,23,25,27,29H2,1H3,(H,40,44). The number of amides is 1. The summed E-state index contributed by atoms with van der Waals surface area (Å²) in [6.07, 6.45) is 21.1. The largest absolute Gasteiger partial charge is 0.506 e. The Hall–Kier alpha value is -5.54. The van der Waals surface area contributed by atoms with Crippen LogP contribution in [0.2, 0.25) is 0 Å². The van der Waals surface area contributed by atoms with Crippen molar-refractivity contribution < 1.29 is 19.8 Å². The minimum absolute atomic E-state index is 0.000658. The SMILES string of the molecule is C#CC#CC#CC#CC#CC#CC#CC(=C=O)Nc1cc(O)c(NC(=O)CCCCCCCCCCCCCCC)cc1O. The highest BCUT2D eigenvalue weighted by Crippen LogP contribution is 2.35. The monoisotopic (exact) mass is 586 g/mol. The molecule has 4 N–H and O–H groups in total. The highest BCUT2D eigenvalue weighted by atomic mass is 16.3. The van der Waals surface area contributed by atoms with Gasteiger partial charge in [0.2, 0.25) is 5.91 Å². The first-order valence-corrected chi connectivity index (χ1v) is 14.9. The number of phenolic OH excluding ortho intramolecular Hbond substituents is 2. The highest BCUT2D eigenvalue weighted by molar-refractivity contribution is 5.93. The molecule has 0 radical (unpaired) electrons. The molecule has 0 saturated heterocycles. The first kappa shape index (κ1) is 36.5. The summed E-state index contributed by atoms with van der Waals surface area (Å²) in [5.41, 5.74) is -0.167. The van der Waals surface area contributed by atoms with Crippen LogP contribution in [-0.2, 0) is 9.59 Å². The van der Waals surface area contributed by atoms with Crippen molar-refractivity contribution in [2.24, 2.45) is 0 Å². The lowest BCUT2D eigenvalue weighted by Gasteiger charge is -2.12. The van der Waals surface area contributed by atoms with Crippen LogP contribution in [0, 0.1) is 83.4 Å². The van der Waals surface area contributed by atoms with E-state index in [0.717, 1.165) is 19.3 Å². The lowest BCUT2D eigenvalue weighted by molar-refractivity contribution is -0.116. The van der Waals surface area contributed by atoms with E-state index in [1.54, 1.807) is 5.94 Å². The van der Waals surface area contributed by atoms with E-state index in [1.807, 2.05) is 0 Å². The van der Waals surface area contributed by atoms with Crippen molar-refractivity contribution in [2.75, 3.05) is 10.6 Å². The third-order valence-corrected chi connectivity index (χ3v) is 6.14. The van der Waals surface area contributed by atoms with Crippen LogP contribution in [0.3, 0.4) is 0 Å². The highest BCUT2D eigenvalue weighted by Gasteiger charge is 2.12. The molecular weight excluding hydrogens is 548 g/mol. The molecule has 6 nitrogen and oxygen atoms in total. The molecule has 1 aromatic rings. The minimum atomic E-state index is -0.308. The number of nitrogens with one attached hydrogen (secondary N) is 2. The molecule has 0 bridgehead atoms. The predicted octanol–water partition coefficient (Wildman–Crippen LogP) is 6.30. The summed E-state index contributed by atoms with van der Waals surface area (Å²) in [7, 11) is 0. The lowest BCUT2D eigenvalue weighted by atomic mass is 10.0. The van der Waals surface area contributed by atoms with Gasteiger partial charge in [0, 0.05) is 18.6 Å². The van der Waals surface area contributed by atoms with Crippen LogP contribution in [0.4, 0.5) is 11.4 Å². The van der Waals surface area contributed by atoms with Crippen molar-refractivity contribution >= 4 is 23.2 Å². The van der Waals surface area contributed by atoms with Gasteiger partial charge in [0.05, 0.1) is 11.4 Å². The molecule has 1 rings (SSSR count). The summed E-state index contributed by atoms with van der Waals surface area (Å²) in [5, 5.41) is 25.9. The number of terminal acetylenes is 1. The fourth-order valence-electron chi connectivity index (χ4n) is 3.92. The maximum atomic E-state index is 12.3. The van der Waals surface area contributed by atoms with Gasteiger partial charge in [-0.25, -0.2) is 4.79 Å². The second kappa shape index (κ2) is 25.2. The molecule has 1 aromatic carbocycles. The number of hydrogen-bond donors (Lipinski definition) is 4. The third-order valence-electron chi connectivity index (χ3n) is 6.14. The molecule has 0 saturated carbocycles. The molecule has 0 aliphatic heterocycles. The average Bonchev–Trinajstić information content (AvgIpc) is 3.01. The number of allylic oxidation sites excluding steroid dienone is 1. The molecule has 0 unspecified atom stereocenters. The summed E-state index contributed by atoms with van der Waals surface area (Å²) in [5.74, 6) is 32.0. The van der Waals surface area contributed by atoms with Gasteiger partial charge in [0.15, 0.2) is 11.6 Å². The van der Waals surface area contributed by atoms with Gasteiger partial charge in [0.25, 0.3) is 0 Å². The molecule has 0 aromatic heterocycles. The number of carbonyl (C=O) groups is 1. The maximum absolute atomic E-state index is 12.3. The summed E-state index contributed by atoms with van der Waals surface area (Å²) in [6, 6.07) is 2.36. The zero-order valence-corrected chi connectivity index (χ0v) is 25.3. The number of rotatable bonds is 17. The number of anilines is 2. The normalized spacial score (nSPS) is 8.55. The van der Waals surface area contributed by atoms with Gasteiger partial charge in [-0.2, -0.15) is 0 Å². The Morgan fingerprint density at radius 2 is 1.05 bits per heavy atom. The predicted molar refractivity (Wildman–Crippen MR) is 177 cm³/mol. The van der Waals surface area contributed by atoms with Gasteiger partial charge < -0.3 is 20.8 Å². The van der Waals surface area contributed by atoms with Crippen LogP contribution < -0.4 is 10.6 Å². The first-order chi connectivity index (χ1) is 21.5. The summed E-state index contributed by atoms with van der Waals surface area (Å²) in [4.78, 5) is 23.6. The molecule has 0 aliphatic carbocycles. The van der Waals surface area contributed by atoms with Crippen molar-refractivity contribution in [2.45, 2.75) is 96.8 Å². The van der Waals surface area contributed by atoms with Gasteiger partial charge in [0.1, 0.15) is 11.5 Å². The molecule has 0 aliphatic rings. The Bertz CT molecular complexity index is 1570. The number of unbranched alkanes of at least 4 members (excludes halogenated alkanes) is 12. The smallest absolute Gasteiger partial charge is 0.224 e. The van der Waals surface area contributed by atoms with Crippen LogP contribution in [-0.4, -0.2) is 22.1 Å². The first-order valence-electron chi connectivity index (χ1n) is 14.9. The summed E-state index contributed by atoms with van der Waals surface area (Å²) in [6.45, 7) is 2.24. The summed E-state index contributed by atoms with van der Waals surface area (Å²) >= 11 is 0. The van der Waals surface area contributed by atoms with Crippen LogP contribution >= 0.6 is 0 Å². The van der Waals surface area contributed by atoms with Crippen molar-refractivity contribution in [1.29, 1.82) is 0 Å². The molecule has 44 heavy (non-hydrogen) atoms. The van der Waals surface area contributed by atoms with Gasteiger partial charge in [-0.05, 0) is 83.4 Å². The van der Waals surface area contributed by atoms with E-state index >= 15 is 0 Å². The average molecular weight is 587 g/mol. The van der Waals surface area contributed by atoms with E-state index in [1.165, 1.54) is 76.3 Å². The zero-order chi connectivity index (χ0) is 32.1. The second-order valence-corrected chi connectivity index (χ2v) is 9.67. The number of aromatic hydroxyl groups is 2. The Balaban J connectivity index is 2.44. The Kier molecular flexibility index (Phi) is 20.9. The number of phenols is 2. The molecule has 0 fully saturated rings. The van der Waals surface area contributed by atoms with E-state index in [9.17, 15) is 19.8 Å². The molecule has 224 valence electrons. The van der Waals surface area contributed by atoms with E-state index in [-0.39, 0.29) is 34.5 Å². The molecule has 1 amide bonds. The molecule has 6 heteroatoms. The minimum Gasteiger partial charge on any atom is -0.506 e. The van der Waals surface area contributed by atoms with E-state index in [0.29, 0.717) is 6.42 Å². The number of carbonyl (C=O) groups excluding carboxylic acids is 2. The van der Waals surface area contributed by atoms with E-state index in [4.69, 9.17) is 6.42 Å². The number of benzene rings is 1. The van der Waals surface area contributed by atoms with Crippen LogP contribution in [0.15, 0.2) is 17.8 Å². The Morgan fingerprint density at radius 1 is 0.636 bits per heavy atom. The third kappa shape index (κ3) is 18.7. The van der Waals surface area contributed by atoms with E-state index < -0.39 is 0 Å². The van der Waals surface area contributed by atoms with Crippen LogP contribution in [0.5, 0.6) is 11.5 Å². The van der Waals surface area contributed by atoms with Gasteiger partial charge in [-0.15, -0.1) is 6.42 Å². The quantitative estimate of drug-likeness (QED) is 0.0565. The Labute approximate surface area is 262 Å². The van der Waals surface area contributed by atoms with Gasteiger partial charge in [-0.1, -0.05) is 84.0 Å². The fraction of sp³-hybridized carbons (Fsp3) is 0.395. The summed E-state index contributed by atoms with van der Waals surface area (Å²) < 4.78 is 0. The second-order valence-electron chi connectivity index (χ2n) is 9.67. The fourth-order valence-corrected chi connectivity index (χ4v) is 3.92.